The first-order valence-electron chi connectivity index (χ1n) is 2.65. The highest BCUT2D eigenvalue weighted by Crippen LogP contribution is 2.35. The van der Waals surface area contributed by atoms with Gasteiger partial charge in [0, 0.05) is 5.02 Å². The molecule has 0 spiro atoms. The smallest absolute Gasteiger partial charge is 0.0842 e. The van der Waals surface area contributed by atoms with Crippen molar-refractivity contribution >= 4 is 40.5 Å². The van der Waals surface area contributed by atoms with E-state index in [4.69, 9.17) is 40.2 Å². The Bertz CT molecular complexity index is 306. The lowest BCUT2D eigenvalue weighted by Crippen LogP contribution is -1.69. The van der Waals surface area contributed by atoms with E-state index in [1.165, 1.54) is 12.1 Å². The van der Waals surface area contributed by atoms with Crippen LogP contribution in [0.2, 0.25) is 15.1 Å². The van der Waals surface area contributed by atoms with E-state index in [9.17, 15) is 0 Å². The van der Waals surface area contributed by atoms with Gasteiger partial charge in [-0.1, -0.05) is 34.8 Å². The Balaban J connectivity index is 3.40. The molecule has 56 valence electrons. The molecule has 11 heavy (non-hydrogen) atoms. The average Bonchev–Trinajstić information content (AvgIpc) is 1.85. The maximum Gasteiger partial charge on any atom is 0.421 e. The molecule has 1 aromatic carbocycles. The van der Waals surface area contributed by atoms with Crippen LogP contribution in [0, 0.1) is 5.39 Å². The first kappa shape index (κ1) is 8.61. The number of diazo groups is 1. The summed E-state index contributed by atoms with van der Waals surface area (Å²) in [6, 6.07) is 2.90. The molecule has 0 unspecified atom stereocenters. The molecule has 0 radical (unpaired) electrons. The van der Waals surface area contributed by atoms with Crippen molar-refractivity contribution in [3.63, 3.8) is 0 Å². The van der Waals surface area contributed by atoms with Crippen LogP contribution >= 0.6 is 34.8 Å². The highest BCUT2D eigenvalue weighted by molar-refractivity contribution is 6.41. The number of rotatable bonds is 0. The fourth-order valence-corrected chi connectivity index (χ4v) is 1.52. The Hall–Kier alpha value is -0.490. The monoisotopic (exact) mass is 207 g/mol. The second-order valence-corrected chi connectivity index (χ2v) is 3.07. The number of halogens is 3. The molecule has 0 aliphatic heterocycles. The summed E-state index contributed by atoms with van der Waals surface area (Å²) < 4.78 is 0. The number of hydrogen-bond donors (Lipinski definition) is 0. The molecule has 0 atom stereocenters. The summed E-state index contributed by atoms with van der Waals surface area (Å²) in [5, 5.41) is 9.27. The Morgan fingerprint density at radius 1 is 1.09 bits per heavy atom. The molecule has 0 fully saturated rings. The van der Waals surface area contributed by atoms with Gasteiger partial charge in [0.25, 0.3) is 0 Å². The van der Waals surface area contributed by atoms with E-state index in [2.05, 4.69) is 4.98 Å². The maximum atomic E-state index is 8.40. The van der Waals surface area contributed by atoms with Crippen LogP contribution in [-0.4, -0.2) is 0 Å². The van der Waals surface area contributed by atoms with Gasteiger partial charge in [0.1, 0.15) is 10.0 Å². The molecule has 1 rings (SSSR count). The van der Waals surface area contributed by atoms with Crippen LogP contribution in [0.1, 0.15) is 0 Å². The summed E-state index contributed by atoms with van der Waals surface area (Å²) in [4.78, 5) is 2.89. The van der Waals surface area contributed by atoms with Gasteiger partial charge < -0.3 is 0 Å². The summed E-state index contributed by atoms with van der Waals surface area (Å²) in [6.45, 7) is 0. The van der Waals surface area contributed by atoms with Gasteiger partial charge in [-0.3, -0.25) is 0 Å². The van der Waals surface area contributed by atoms with Crippen LogP contribution in [0.15, 0.2) is 12.1 Å². The zero-order valence-electron chi connectivity index (χ0n) is 5.18. The van der Waals surface area contributed by atoms with Crippen molar-refractivity contribution in [2.45, 2.75) is 0 Å². The molecule has 0 aromatic heterocycles. The predicted octanol–water partition coefficient (Wildman–Crippen LogP) is 4.13. The SMILES string of the molecule is N#[N+]c1c(Cl)cc(Cl)cc1Cl. The minimum absolute atomic E-state index is 0.137. The van der Waals surface area contributed by atoms with Gasteiger partial charge in [-0.25, -0.2) is 0 Å². The maximum absolute atomic E-state index is 8.40. The molecule has 0 amide bonds. The van der Waals surface area contributed by atoms with E-state index in [1.807, 2.05) is 0 Å². The first-order chi connectivity index (χ1) is 5.15. The lowest BCUT2D eigenvalue weighted by molar-refractivity contribution is 1.46. The van der Waals surface area contributed by atoms with Crippen molar-refractivity contribution in [1.82, 2.24) is 0 Å². The molecule has 5 heteroatoms. The zero-order chi connectivity index (χ0) is 8.43. The van der Waals surface area contributed by atoms with Crippen LogP contribution < -0.4 is 0 Å². The fourth-order valence-electron chi connectivity index (χ4n) is 0.630. The normalized spacial score (nSPS) is 9.27. The first-order valence-corrected chi connectivity index (χ1v) is 3.78. The van der Waals surface area contributed by atoms with Gasteiger partial charge in [0.05, 0.1) is 0 Å². The van der Waals surface area contributed by atoms with Crippen LogP contribution in [0.3, 0.4) is 0 Å². The average molecular weight is 208 g/mol. The van der Waals surface area contributed by atoms with Gasteiger partial charge in [0.15, 0.2) is 4.98 Å². The molecule has 0 heterocycles. The van der Waals surface area contributed by atoms with E-state index >= 15 is 0 Å². The fraction of sp³-hybridized carbons (Fsp3) is 0. The lowest BCUT2D eigenvalue weighted by atomic mass is 10.3. The summed E-state index contributed by atoms with van der Waals surface area (Å²) >= 11 is 16.8. The van der Waals surface area contributed by atoms with Crippen molar-refractivity contribution in [2.75, 3.05) is 0 Å². The van der Waals surface area contributed by atoms with Gasteiger partial charge in [-0.2, -0.15) is 0 Å². The largest absolute Gasteiger partial charge is 0.421 e. The minimum Gasteiger partial charge on any atom is -0.0842 e. The molecular weight excluding hydrogens is 206 g/mol. The molecule has 0 aliphatic rings. The molecule has 0 saturated carbocycles. The summed E-state index contributed by atoms with van der Waals surface area (Å²) in [5.74, 6) is 0. The van der Waals surface area contributed by atoms with Crippen LogP contribution in [-0.2, 0) is 0 Å². The van der Waals surface area contributed by atoms with Crippen molar-refractivity contribution in [3.8, 4) is 0 Å². The second kappa shape index (κ2) is 3.27. The van der Waals surface area contributed by atoms with Gasteiger partial charge >= 0.3 is 5.69 Å². The lowest BCUT2D eigenvalue weighted by Gasteiger charge is -1.89. The molecule has 0 aliphatic carbocycles. The van der Waals surface area contributed by atoms with Crippen LogP contribution in [0.25, 0.3) is 4.98 Å². The Morgan fingerprint density at radius 2 is 1.55 bits per heavy atom. The minimum atomic E-state index is 0.137. The Kier molecular flexibility index (Phi) is 2.56. The van der Waals surface area contributed by atoms with Crippen LogP contribution in [0.5, 0.6) is 0 Å². The van der Waals surface area contributed by atoms with E-state index in [0.717, 1.165) is 0 Å². The van der Waals surface area contributed by atoms with E-state index < -0.39 is 0 Å². The highest BCUT2D eigenvalue weighted by Gasteiger charge is 2.18. The van der Waals surface area contributed by atoms with Gasteiger partial charge in [-0.15, -0.1) is 0 Å². The predicted molar refractivity (Wildman–Crippen MR) is 46.2 cm³/mol. The van der Waals surface area contributed by atoms with Crippen molar-refractivity contribution in [2.24, 2.45) is 0 Å². The van der Waals surface area contributed by atoms with E-state index in [1.54, 1.807) is 0 Å². The van der Waals surface area contributed by atoms with Crippen LogP contribution in [0.4, 0.5) is 5.69 Å². The third-order valence-electron chi connectivity index (χ3n) is 1.08. The van der Waals surface area contributed by atoms with E-state index in [-0.39, 0.29) is 15.7 Å². The zero-order valence-corrected chi connectivity index (χ0v) is 7.45. The van der Waals surface area contributed by atoms with E-state index in [0.29, 0.717) is 5.02 Å². The molecule has 1 aromatic rings. The summed E-state index contributed by atoms with van der Waals surface area (Å²) in [7, 11) is 0. The second-order valence-electron chi connectivity index (χ2n) is 1.82. The Labute approximate surface area is 78.3 Å². The summed E-state index contributed by atoms with van der Waals surface area (Å²) in [6.07, 6.45) is 0. The van der Waals surface area contributed by atoms with Crippen molar-refractivity contribution in [3.05, 3.63) is 32.2 Å². The standard InChI is InChI=1S/C6H2Cl3N2/c7-3-1-4(8)6(11-10)5(9)2-3/h1-2H/q+1. The molecule has 2 nitrogen and oxygen atoms in total. The quantitative estimate of drug-likeness (QED) is 0.589. The highest BCUT2D eigenvalue weighted by atomic mass is 35.5. The Morgan fingerprint density at radius 3 is 1.91 bits per heavy atom. The molecule has 0 saturated heterocycles. The van der Waals surface area contributed by atoms with Gasteiger partial charge in [-0.05, 0) is 12.1 Å². The third kappa shape index (κ3) is 1.75. The van der Waals surface area contributed by atoms with Crippen molar-refractivity contribution < 1.29 is 0 Å². The van der Waals surface area contributed by atoms with Gasteiger partial charge in [0.2, 0.25) is 5.39 Å². The molecule has 0 bridgehead atoms. The molecule has 0 N–H and O–H groups in total. The summed E-state index contributed by atoms with van der Waals surface area (Å²) in [5.41, 5.74) is 0.137. The topological polar surface area (TPSA) is 28.1 Å². The third-order valence-corrected chi connectivity index (χ3v) is 1.88. The molecular formula is C6H2Cl3N2+. The number of nitrogens with zero attached hydrogens (tertiary/aromatic N) is 2. The van der Waals surface area contributed by atoms with Crippen molar-refractivity contribution in [1.29, 1.82) is 5.39 Å². The number of hydrogen-bond acceptors (Lipinski definition) is 1. The number of benzene rings is 1.